The highest BCUT2D eigenvalue weighted by molar-refractivity contribution is 9.68. The molecule has 1 saturated heterocycles. The molecular weight excluding hydrogens is 526 g/mol. The molecule has 1 aliphatic rings. The van der Waals surface area contributed by atoms with Crippen molar-refractivity contribution in [2.24, 2.45) is 5.41 Å². The lowest BCUT2D eigenvalue weighted by Gasteiger charge is -2.37. The Kier molecular flexibility index (Phi) is 6.04. The molecular formula is C20H20Br2O4P2. The van der Waals surface area contributed by atoms with Crippen LogP contribution in [0.2, 0.25) is 0 Å². The second-order valence-corrected chi connectivity index (χ2v) is 17.0. The lowest BCUT2D eigenvalue weighted by Crippen LogP contribution is -2.30. The summed E-state index contributed by atoms with van der Waals surface area (Å²) in [6, 6.07) is 18.2. The fourth-order valence-corrected chi connectivity index (χ4v) is 8.18. The van der Waals surface area contributed by atoms with Gasteiger partial charge in [-0.05, 0) is 58.6 Å². The molecule has 0 aliphatic carbocycles. The first kappa shape index (κ1) is 20.9. The molecule has 1 fully saturated rings. The van der Waals surface area contributed by atoms with Gasteiger partial charge in [0.25, 0.3) is 0 Å². The number of halogens is 2. The summed E-state index contributed by atoms with van der Waals surface area (Å²) >= 11 is 6.88. The number of rotatable bonds is 4. The second kappa shape index (κ2) is 8.07. The number of hydrogen-bond donors (Lipinski definition) is 0. The van der Waals surface area contributed by atoms with E-state index in [0.29, 0.717) is 13.2 Å². The molecule has 0 spiro atoms. The molecule has 1 aliphatic heterocycles. The third kappa shape index (κ3) is 4.11. The molecule has 0 amide bonds. The quantitative estimate of drug-likeness (QED) is 0.244. The van der Waals surface area contributed by atoms with Crippen molar-refractivity contribution in [1.29, 1.82) is 0 Å². The Bertz CT molecular complexity index is 1000. The zero-order valence-corrected chi connectivity index (χ0v) is 20.4. The highest BCUT2D eigenvalue weighted by atomic mass is 79.9. The van der Waals surface area contributed by atoms with Gasteiger partial charge >= 0.3 is 7.60 Å². The molecule has 28 heavy (non-hydrogen) atoms. The van der Waals surface area contributed by atoms with Crippen molar-refractivity contribution in [3.05, 3.63) is 60.2 Å². The second-order valence-electron chi connectivity index (χ2n) is 7.64. The zero-order chi connectivity index (χ0) is 19.9. The monoisotopic (exact) mass is 544 g/mol. The SMILES string of the molecule is CC1(C)COP(=O)(C(OP(Br)Br)c2c3ccccc3cc3ccccc23)OC1. The zero-order valence-electron chi connectivity index (χ0n) is 15.5. The molecule has 1 heterocycles. The van der Waals surface area contributed by atoms with E-state index in [4.69, 9.17) is 13.6 Å². The number of benzene rings is 3. The Hall–Kier alpha value is -0.320. The van der Waals surface area contributed by atoms with Gasteiger partial charge in [0.15, 0.2) is 11.4 Å². The van der Waals surface area contributed by atoms with Crippen molar-refractivity contribution in [1.82, 2.24) is 0 Å². The van der Waals surface area contributed by atoms with E-state index in [1.807, 2.05) is 50.2 Å². The van der Waals surface area contributed by atoms with Gasteiger partial charge in [0, 0.05) is 11.0 Å². The molecule has 8 heteroatoms. The summed E-state index contributed by atoms with van der Waals surface area (Å²) in [5.41, 5.74) is -0.513. The van der Waals surface area contributed by atoms with E-state index >= 15 is 0 Å². The molecule has 0 bridgehead atoms. The molecule has 3 aromatic rings. The molecule has 1 unspecified atom stereocenters. The maximum atomic E-state index is 13.8. The summed E-state index contributed by atoms with van der Waals surface area (Å²) in [6.07, 6.45) is 0. The predicted molar refractivity (Wildman–Crippen MR) is 123 cm³/mol. The van der Waals surface area contributed by atoms with Crippen LogP contribution >= 0.6 is 44.1 Å². The third-order valence-electron chi connectivity index (χ3n) is 4.80. The van der Waals surface area contributed by atoms with Gasteiger partial charge in [0.1, 0.15) is 0 Å². The Morgan fingerprint density at radius 2 is 1.50 bits per heavy atom. The minimum atomic E-state index is -3.55. The summed E-state index contributed by atoms with van der Waals surface area (Å²) in [4.78, 5) is 0. The first-order valence-corrected chi connectivity index (χ1v) is 15.8. The van der Waals surface area contributed by atoms with Gasteiger partial charge in [0.05, 0.1) is 13.2 Å². The van der Waals surface area contributed by atoms with E-state index < -0.39 is 19.0 Å². The van der Waals surface area contributed by atoms with Crippen LogP contribution in [0.1, 0.15) is 25.3 Å². The van der Waals surface area contributed by atoms with Crippen LogP contribution in [0.4, 0.5) is 0 Å². The van der Waals surface area contributed by atoms with E-state index in [2.05, 4.69) is 49.2 Å². The van der Waals surface area contributed by atoms with Crippen molar-refractivity contribution in [3.63, 3.8) is 0 Å². The van der Waals surface area contributed by atoms with Crippen LogP contribution in [-0.2, 0) is 18.1 Å². The maximum Gasteiger partial charge on any atom is 0.364 e. The number of hydrogen-bond acceptors (Lipinski definition) is 4. The molecule has 3 aromatic carbocycles. The largest absolute Gasteiger partial charge is 0.364 e. The van der Waals surface area contributed by atoms with Gasteiger partial charge in [-0.3, -0.25) is 4.57 Å². The fraction of sp³-hybridized carbons (Fsp3) is 0.300. The van der Waals surface area contributed by atoms with E-state index in [0.717, 1.165) is 27.1 Å². The molecule has 1 atom stereocenters. The lowest BCUT2D eigenvalue weighted by atomic mass is 9.97. The van der Waals surface area contributed by atoms with Crippen LogP contribution in [0.25, 0.3) is 21.5 Å². The summed E-state index contributed by atoms with van der Waals surface area (Å²) in [7, 11) is -3.55. The van der Waals surface area contributed by atoms with Crippen LogP contribution in [0, 0.1) is 5.41 Å². The van der Waals surface area contributed by atoms with E-state index in [9.17, 15) is 4.57 Å². The van der Waals surface area contributed by atoms with Crippen LogP contribution < -0.4 is 0 Å². The minimum absolute atomic E-state index is 0.188. The van der Waals surface area contributed by atoms with Crippen molar-refractivity contribution in [2.75, 3.05) is 13.2 Å². The molecule has 0 aromatic heterocycles. The first-order valence-electron chi connectivity index (χ1n) is 8.87. The van der Waals surface area contributed by atoms with Crippen molar-refractivity contribution in [3.8, 4) is 0 Å². The van der Waals surface area contributed by atoms with Crippen molar-refractivity contribution >= 4 is 65.7 Å². The van der Waals surface area contributed by atoms with Crippen LogP contribution in [-0.4, -0.2) is 13.2 Å². The summed E-state index contributed by atoms with van der Waals surface area (Å²) in [5, 5.41) is 4.08. The molecule has 4 rings (SSSR count). The van der Waals surface area contributed by atoms with E-state index in [1.54, 1.807) is 0 Å². The van der Waals surface area contributed by atoms with Gasteiger partial charge in [-0.2, -0.15) is 0 Å². The first-order chi connectivity index (χ1) is 13.3. The molecule has 4 nitrogen and oxygen atoms in total. The van der Waals surface area contributed by atoms with Gasteiger partial charge < -0.3 is 13.6 Å². The Labute approximate surface area is 181 Å². The summed E-state index contributed by atoms with van der Waals surface area (Å²) in [6.45, 7) is 4.77. The van der Waals surface area contributed by atoms with E-state index in [1.165, 1.54) is 0 Å². The smallest absolute Gasteiger partial charge is 0.317 e. The van der Waals surface area contributed by atoms with Crippen LogP contribution in [0.15, 0.2) is 54.6 Å². The third-order valence-corrected chi connectivity index (χ3v) is 8.25. The Morgan fingerprint density at radius 1 is 1.00 bits per heavy atom. The molecule has 148 valence electrons. The molecule has 0 N–H and O–H groups in total. The fourth-order valence-electron chi connectivity index (χ4n) is 3.40. The lowest BCUT2D eigenvalue weighted by molar-refractivity contribution is 0.0277. The average molecular weight is 546 g/mol. The maximum absolute atomic E-state index is 13.8. The highest BCUT2D eigenvalue weighted by Gasteiger charge is 2.46. The predicted octanol–water partition coefficient (Wildman–Crippen LogP) is 8.29. The van der Waals surface area contributed by atoms with Gasteiger partial charge in [-0.25, -0.2) is 0 Å². The van der Waals surface area contributed by atoms with Crippen molar-refractivity contribution < 1.29 is 18.1 Å². The molecule has 0 saturated carbocycles. The van der Waals surface area contributed by atoms with Gasteiger partial charge in [-0.15, -0.1) is 0 Å². The average Bonchev–Trinajstić information content (AvgIpc) is 2.67. The normalized spacial score (nSPS) is 19.9. The Balaban J connectivity index is 1.96. The van der Waals surface area contributed by atoms with Gasteiger partial charge in [-0.1, -0.05) is 62.4 Å². The standard InChI is InChI=1S/C20H20Br2O4P2/c1-20(2)12-24-28(23,25-13-20)19(26-27(21)22)18-16-9-5-3-7-14(16)11-15-8-4-6-10-17(15)18/h3-11,19H,12-13H2,1-2H3. The topological polar surface area (TPSA) is 44.8 Å². The Morgan fingerprint density at radius 3 is 2.00 bits per heavy atom. The minimum Gasteiger partial charge on any atom is -0.317 e. The highest BCUT2D eigenvalue weighted by Crippen LogP contribution is 2.71. The van der Waals surface area contributed by atoms with Crippen LogP contribution in [0.3, 0.4) is 0 Å². The van der Waals surface area contributed by atoms with Crippen molar-refractivity contribution in [2.45, 2.75) is 19.7 Å². The summed E-state index contributed by atoms with van der Waals surface area (Å²) in [5.74, 6) is -0.843. The molecule has 0 radical (unpaired) electrons. The van der Waals surface area contributed by atoms with Crippen LogP contribution in [0.5, 0.6) is 0 Å². The van der Waals surface area contributed by atoms with E-state index in [-0.39, 0.29) is 5.41 Å². The van der Waals surface area contributed by atoms with Gasteiger partial charge in [0.2, 0.25) is 0 Å². The summed E-state index contributed by atoms with van der Waals surface area (Å²) < 4.78 is 31.7. The number of fused-ring (bicyclic) bond motifs is 2.